The van der Waals surface area contributed by atoms with E-state index in [1.54, 1.807) is 6.07 Å². The van der Waals surface area contributed by atoms with Gasteiger partial charge < -0.3 is 27.1 Å². The molecule has 0 aliphatic carbocycles. The van der Waals surface area contributed by atoms with Crippen molar-refractivity contribution in [3.05, 3.63) is 103 Å². The molecular weight excluding hydrogens is 944 g/mol. The van der Waals surface area contributed by atoms with Crippen LogP contribution in [-0.4, -0.2) is 12.7 Å². The van der Waals surface area contributed by atoms with Crippen LogP contribution in [0, 0.1) is 21.0 Å². The smallest absolute Gasteiger partial charge is 0.456 e. The Kier molecular flexibility index (Phi) is 7.98. The van der Waals surface area contributed by atoms with Gasteiger partial charge in [-0.05, 0) is 132 Å². The third-order valence-electron chi connectivity index (χ3n) is 9.00. The lowest BCUT2D eigenvalue weighted by Gasteiger charge is -2.08. The topological polar surface area (TPSA) is 71.0 Å². The van der Waals surface area contributed by atoms with E-state index in [4.69, 9.17) is 17.7 Å². The first-order valence-electron chi connectivity index (χ1n) is 16.1. The number of alkyl halides is 6. The highest BCUT2D eigenvalue weighted by atomic mass is 127. The van der Waals surface area contributed by atoms with Gasteiger partial charge in [-0.15, -0.1) is 26.3 Å². The number of aryl methyl sites for hydroxylation is 2. The molecule has 0 N–H and O–H groups in total. The zero-order chi connectivity index (χ0) is 37.8. The summed E-state index contributed by atoms with van der Waals surface area (Å²) >= 11 is 4.37. The lowest BCUT2D eigenvalue weighted by molar-refractivity contribution is -0.275. The van der Waals surface area contributed by atoms with Crippen LogP contribution in [-0.2, 0) is 0 Å². The predicted octanol–water partition coefficient (Wildman–Crippen LogP) is 14.6. The number of halogens is 8. The van der Waals surface area contributed by atoms with E-state index in [0.717, 1.165) is 56.4 Å². The van der Waals surface area contributed by atoms with E-state index in [-0.39, 0.29) is 11.5 Å². The number of rotatable bonds is 2. The van der Waals surface area contributed by atoms with Gasteiger partial charge in [0, 0.05) is 43.1 Å². The van der Waals surface area contributed by atoms with Gasteiger partial charge >= 0.3 is 12.7 Å². The molecule has 0 bridgehead atoms. The van der Waals surface area contributed by atoms with Gasteiger partial charge in [-0.1, -0.05) is 23.3 Å². The summed E-state index contributed by atoms with van der Waals surface area (Å²) in [4.78, 5) is 0. The van der Waals surface area contributed by atoms with Crippen molar-refractivity contribution >= 4 is 133 Å². The maximum absolute atomic E-state index is 12.6. The second-order valence-corrected chi connectivity index (χ2v) is 14.9. The van der Waals surface area contributed by atoms with Crippen molar-refractivity contribution in [1.29, 1.82) is 0 Å². The van der Waals surface area contributed by atoms with Crippen molar-refractivity contribution in [2.24, 2.45) is 0 Å². The molecule has 4 aromatic heterocycles. The van der Waals surface area contributed by atoms with Crippen LogP contribution >= 0.6 is 45.2 Å². The Bertz CT molecular complexity index is 3150. The van der Waals surface area contributed by atoms with E-state index >= 15 is 0 Å². The summed E-state index contributed by atoms with van der Waals surface area (Å²) in [6, 6.07) is 23.6. The molecule has 0 saturated heterocycles. The van der Waals surface area contributed by atoms with E-state index in [1.165, 1.54) is 36.4 Å². The molecule has 0 radical (unpaired) electrons. The summed E-state index contributed by atoms with van der Waals surface area (Å²) in [5.41, 5.74) is 7.28. The molecule has 272 valence electrons. The summed E-state index contributed by atoms with van der Waals surface area (Å²) < 4.78 is 109. The fourth-order valence-corrected chi connectivity index (χ4v) is 8.62. The van der Waals surface area contributed by atoms with Gasteiger partial charge in [0.25, 0.3) is 0 Å². The van der Waals surface area contributed by atoms with Crippen LogP contribution < -0.4 is 9.47 Å². The molecule has 54 heavy (non-hydrogen) atoms. The Balaban J connectivity index is 0.000000143. The molecule has 4 heterocycles. The van der Waals surface area contributed by atoms with Gasteiger partial charge in [0.05, 0.1) is 7.14 Å². The highest BCUT2D eigenvalue weighted by molar-refractivity contribution is 14.1. The minimum absolute atomic E-state index is 0.283. The summed E-state index contributed by atoms with van der Waals surface area (Å²) in [5.74, 6) is -0.568. The molecule has 0 aliphatic rings. The molecular formula is C40H20F6I2O6. The fourth-order valence-electron chi connectivity index (χ4n) is 6.79. The second-order valence-electron chi connectivity index (χ2n) is 12.7. The lowest BCUT2D eigenvalue weighted by atomic mass is 10.1. The largest absolute Gasteiger partial charge is 0.573 e. The molecule has 6 aromatic carbocycles. The quantitative estimate of drug-likeness (QED) is 0.127. The normalized spacial score (nSPS) is 12.6. The SMILES string of the molecule is Cc1ccc2oc3c(I)c4c(oc5ccc(OC(F)(F)F)cc54)c(I)c3c2c1.Cc1ccc2oc3cc4c(cc3c2c1)oc1ccc(OC(F)(F)F)cc14. The first-order chi connectivity index (χ1) is 25.6. The number of ether oxygens (including phenoxy) is 2. The monoisotopic (exact) mass is 964 g/mol. The number of furan rings is 4. The van der Waals surface area contributed by atoms with Crippen LogP contribution in [0.25, 0.3) is 87.8 Å². The van der Waals surface area contributed by atoms with Gasteiger partial charge in [-0.25, -0.2) is 0 Å². The molecule has 0 atom stereocenters. The molecule has 10 aromatic rings. The van der Waals surface area contributed by atoms with Crippen molar-refractivity contribution in [2.45, 2.75) is 26.6 Å². The van der Waals surface area contributed by atoms with Gasteiger partial charge in [-0.2, -0.15) is 0 Å². The number of benzene rings is 6. The van der Waals surface area contributed by atoms with Crippen LogP contribution in [0.5, 0.6) is 11.5 Å². The molecule has 0 aliphatic heterocycles. The number of fused-ring (bicyclic) bond motifs is 12. The van der Waals surface area contributed by atoms with Gasteiger partial charge in [0.15, 0.2) is 11.2 Å². The van der Waals surface area contributed by atoms with Crippen LogP contribution in [0.4, 0.5) is 26.3 Å². The average Bonchev–Trinajstić information content (AvgIpc) is 3.85. The maximum Gasteiger partial charge on any atom is 0.573 e. The van der Waals surface area contributed by atoms with Crippen molar-refractivity contribution in [3.8, 4) is 11.5 Å². The third kappa shape index (κ3) is 6.02. The van der Waals surface area contributed by atoms with Gasteiger partial charge in [-0.3, -0.25) is 0 Å². The Morgan fingerprint density at radius 3 is 1.24 bits per heavy atom. The average molecular weight is 964 g/mol. The minimum atomic E-state index is -4.75. The zero-order valence-corrected chi connectivity index (χ0v) is 31.9. The molecule has 0 fully saturated rings. The van der Waals surface area contributed by atoms with Crippen molar-refractivity contribution < 1.29 is 53.5 Å². The van der Waals surface area contributed by atoms with E-state index in [9.17, 15) is 26.3 Å². The van der Waals surface area contributed by atoms with Crippen LogP contribution in [0.2, 0.25) is 0 Å². The Labute approximate surface area is 325 Å². The maximum atomic E-state index is 12.6. The molecule has 0 saturated carbocycles. The summed E-state index contributed by atoms with van der Waals surface area (Å²) in [7, 11) is 0. The van der Waals surface area contributed by atoms with Crippen molar-refractivity contribution in [2.75, 3.05) is 0 Å². The van der Waals surface area contributed by atoms with Crippen LogP contribution in [0.1, 0.15) is 11.1 Å². The molecule has 0 unspecified atom stereocenters. The molecule has 0 spiro atoms. The van der Waals surface area contributed by atoms with Gasteiger partial charge in [0.2, 0.25) is 0 Å². The van der Waals surface area contributed by atoms with E-state index in [1.807, 2.05) is 50.2 Å². The van der Waals surface area contributed by atoms with Gasteiger partial charge in [0.1, 0.15) is 45.0 Å². The van der Waals surface area contributed by atoms with E-state index in [2.05, 4.69) is 60.7 Å². The van der Waals surface area contributed by atoms with Crippen molar-refractivity contribution in [1.82, 2.24) is 0 Å². The predicted molar refractivity (Wildman–Crippen MR) is 210 cm³/mol. The molecule has 14 heteroatoms. The number of hydrogen-bond donors (Lipinski definition) is 0. The molecule has 0 amide bonds. The standard InChI is InChI=1S/C20H9F3I2O3.C20H11F3O3/c1-8-2-4-12-10(6-8)14-16(24)19-15(17(25)18(14)26-12)11-7-9(28-20(21,22)23)3-5-13(11)27-19;1-10-2-4-16-12(6-10)14-8-19-15(9-18(14)24-16)13-7-11(26-20(21,22)23)3-5-17(13)25-19/h2-7H,1H3;2-9H,1H3. The third-order valence-corrected chi connectivity index (χ3v) is 11.1. The van der Waals surface area contributed by atoms with Crippen LogP contribution in [0.15, 0.2) is 103 Å². The van der Waals surface area contributed by atoms with Crippen molar-refractivity contribution in [3.63, 3.8) is 0 Å². The van der Waals surface area contributed by atoms with E-state index < -0.39 is 12.7 Å². The van der Waals surface area contributed by atoms with E-state index in [0.29, 0.717) is 49.7 Å². The van der Waals surface area contributed by atoms with Crippen LogP contribution in [0.3, 0.4) is 0 Å². The highest BCUT2D eigenvalue weighted by Crippen LogP contribution is 2.45. The molecule has 10 rings (SSSR count). The fraction of sp³-hybridized carbons (Fsp3) is 0.100. The highest BCUT2D eigenvalue weighted by Gasteiger charge is 2.32. The first kappa shape index (κ1) is 34.9. The molecule has 6 nitrogen and oxygen atoms in total. The lowest BCUT2D eigenvalue weighted by Crippen LogP contribution is -2.16. The second kappa shape index (κ2) is 12.3. The Hall–Kier alpha value is -4.84. The Morgan fingerprint density at radius 1 is 0.426 bits per heavy atom. The Morgan fingerprint density at radius 2 is 0.778 bits per heavy atom. The minimum Gasteiger partial charge on any atom is -0.456 e. The number of hydrogen-bond acceptors (Lipinski definition) is 6. The summed E-state index contributed by atoms with van der Waals surface area (Å²) in [5, 5.41) is 6.30. The first-order valence-corrected chi connectivity index (χ1v) is 18.2. The zero-order valence-electron chi connectivity index (χ0n) is 27.6. The summed E-state index contributed by atoms with van der Waals surface area (Å²) in [6.45, 7) is 4.01. The summed E-state index contributed by atoms with van der Waals surface area (Å²) in [6.07, 6.45) is -9.49.